The van der Waals surface area contributed by atoms with Crippen LogP contribution in [0.4, 0.5) is 4.39 Å². The molecule has 0 saturated carbocycles. The molecule has 3 nitrogen and oxygen atoms in total. The maximum atomic E-state index is 13.2. The van der Waals surface area contributed by atoms with E-state index in [1.54, 1.807) is 26.8 Å². The van der Waals surface area contributed by atoms with E-state index in [0.29, 0.717) is 11.1 Å². The first-order chi connectivity index (χ1) is 7.31. The van der Waals surface area contributed by atoms with Gasteiger partial charge in [0.15, 0.2) is 11.6 Å². The molecule has 1 atom stereocenters. The molecular weight excluding hydrogens is 245 g/mol. The summed E-state index contributed by atoms with van der Waals surface area (Å²) in [5, 5.41) is 18.9. The minimum atomic E-state index is -0.690. The predicted molar refractivity (Wildman–Crippen MR) is 67.8 cm³/mol. The maximum Gasteiger partial charge on any atom is 0.165 e. The zero-order valence-corrected chi connectivity index (χ0v) is 11.0. The SMILES string of the molecule is Cc1ccc(F)c(O)c1[C@H](N)C(C)(C)CO.Cl. The molecular formula is C12H19ClFNO2. The molecule has 0 bridgehead atoms. The summed E-state index contributed by atoms with van der Waals surface area (Å²) in [5.41, 5.74) is 6.43. The van der Waals surface area contributed by atoms with Crippen LogP contribution in [0.15, 0.2) is 12.1 Å². The van der Waals surface area contributed by atoms with E-state index < -0.39 is 23.0 Å². The number of aryl methyl sites for hydroxylation is 1. The van der Waals surface area contributed by atoms with Crippen LogP contribution in [0.2, 0.25) is 0 Å². The molecule has 4 N–H and O–H groups in total. The van der Waals surface area contributed by atoms with Crippen molar-refractivity contribution in [2.45, 2.75) is 26.8 Å². The fraction of sp³-hybridized carbons (Fsp3) is 0.500. The molecule has 1 rings (SSSR count). The van der Waals surface area contributed by atoms with Crippen LogP contribution in [0.1, 0.15) is 31.0 Å². The molecule has 5 heteroatoms. The van der Waals surface area contributed by atoms with Gasteiger partial charge in [-0.15, -0.1) is 12.4 Å². The number of hydrogen-bond donors (Lipinski definition) is 3. The standard InChI is InChI=1S/C12H18FNO2.ClH/c1-7-4-5-8(13)10(16)9(7)11(14)12(2,3)6-15;/h4-5,11,15-16H,6,14H2,1-3H3;1H/t11-;/m0./s1. The molecule has 0 fully saturated rings. The lowest BCUT2D eigenvalue weighted by Crippen LogP contribution is -2.33. The van der Waals surface area contributed by atoms with Gasteiger partial charge in [0, 0.05) is 23.6 Å². The van der Waals surface area contributed by atoms with Crippen LogP contribution in [-0.4, -0.2) is 16.8 Å². The van der Waals surface area contributed by atoms with Gasteiger partial charge >= 0.3 is 0 Å². The summed E-state index contributed by atoms with van der Waals surface area (Å²) in [6.45, 7) is 5.15. The van der Waals surface area contributed by atoms with E-state index in [0.717, 1.165) is 0 Å². The lowest BCUT2D eigenvalue weighted by atomic mass is 9.80. The Morgan fingerprint density at radius 2 is 1.94 bits per heavy atom. The summed E-state index contributed by atoms with van der Waals surface area (Å²) < 4.78 is 13.2. The number of rotatable bonds is 3. The Morgan fingerprint density at radius 3 is 2.41 bits per heavy atom. The molecule has 17 heavy (non-hydrogen) atoms. The highest BCUT2D eigenvalue weighted by molar-refractivity contribution is 5.85. The van der Waals surface area contributed by atoms with Crippen molar-refractivity contribution in [1.82, 2.24) is 0 Å². The van der Waals surface area contributed by atoms with Crippen molar-refractivity contribution in [2.24, 2.45) is 11.1 Å². The molecule has 0 heterocycles. The Labute approximate surface area is 107 Å². The van der Waals surface area contributed by atoms with Gasteiger partial charge in [-0.3, -0.25) is 0 Å². The van der Waals surface area contributed by atoms with Gasteiger partial charge in [-0.25, -0.2) is 4.39 Å². The van der Waals surface area contributed by atoms with Crippen molar-refractivity contribution in [2.75, 3.05) is 6.61 Å². The van der Waals surface area contributed by atoms with Gasteiger partial charge < -0.3 is 15.9 Å². The fourth-order valence-corrected chi connectivity index (χ4v) is 1.56. The summed E-state index contributed by atoms with van der Waals surface area (Å²) in [6.07, 6.45) is 0. The third kappa shape index (κ3) is 3.09. The van der Waals surface area contributed by atoms with E-state index in [9.17, 15) is 14.6 Å². The highest BCUT2D eigenvalue weighted by Crippen LogP contribution is 2.38. The van der Waals surface area contributed by atoms with Crippen LogP contribution in [0.5, 0.6) is 5.75 Å². The average Bonchev–Trinajstić information content (AvgIpc) is 2.24. The summed E-state index contributed by atoms with van der Waals surface area (Å²) in [6, 6.07) is 2.15. The highest BCUT2D eigenvalue weighted by atomic mass is 35.5. The van der Waals surface area contributed by atoms with Crippen molar-refractivity contribution < 1.29 is 14.6 Å². The van der Waals surface area contributed by atoms with Crippen LogP contribution in [0.3, 0.4) is 0 Å². The number of aliphatic hydroxyl groups is 1. The van der Waals surface area contributed by atoms with Gasteiger partial charge in [0.2, 0.25) is 0 Å². The summed E-state index contributed by atoms with van der Waals surface area (Å²) in [4.78, 5) is 0. The smallest absolute Gasteiger partial charge is 0.165 e. The largest absolute Gasteiger partial charge is 0.505 e. The van der Waals surface area contributed by atoms with Gasteiger partial charge in [0.1, 0.15) is 0 Å². The topological polar surface area (TPSA) is 66.5 Å². The normalized spacial score (nSPS) is 13.1. The molecule has 98 valence electrons. The minimum absolute atomic E-state index is 0. The molecule has 0 radical (unpaired) electrons. The van der Waals surface area contributed by atoms with Gasteiger partial charge in [-0.2, -0.15) is 0 Å². The Balaban J connectivity index is 0.00000256. The number of aliphatic hydroxyl groups excluding tert-OH is 1. The van der Waals surface area contributed by atoms with Crippen LogP contribution >= 0.6 is 12.4 Å². The monoisotopic (exact) mass is 263 g/mol. The van der Waals surface area contributed by atoms with Crippen molar-refractivity contribution >= 4 is 12.4 Å². The van der Waals surface area contributed by atoms with E-state index in [-0.39, 0.29) is 19.0 Å². The lowest BCUT2D eigenvalue weighted by molar-refractivity contribution is 0.130. The second-order valence-corrected chi connectivity index (χ2v) is 4.75. The summed E-state index contributed by atoms with van der Waals surface area (Å²) in [7, 11) is 0. The molecule has 1 aromatic rings. The number of halogens is 2. The van der Waals surface area contributed by atoms with Crippen LogP contribution < -0.4 is 5.73 Å². The van der Waals surface area contributed by atoms with Crippen molar-refractivity contribution in [3.63, 3.8) is 0 Å². The quantitative estimate of drug-likeness (QED) is 0.784. The minimum Gasteiger partial charge on any atom is -0.505 e. The summed E-state index contributed by atoms with van der Waals surface area (Å²) >= 11 is 0. The Kier molecular flexibility index (Phi) is 5.39. The van der Waals surface area contributed by atoms with Gasteiger partial charge in [0.05, 0.1) is 0 Å². The second kappa shape index (κ2) is 5.67. The first-order valence-electron chi connectivity index (χ1n) is 5.15. The van der Waals surface area contributed by atoms with Crippen LogP contribution in [0.25, 0.3) is 0 Å². The number of benzene rings is 1. The Hall–Kier alpha value is -0.840. The number of phenolic OH excluding ortho intramolecular Hbond substituents is 1. The molecule has 0 amide bonds. The first kappa shape index (κ1) is 16.2. The van der Waals surface area contributed by atoms with Gasteiger partial charge in [-0.05, 0) is 18.6 Å². The van der Waals surface area contributed by atoms with E-state index in [4.69, 9.17) is 5.73 Å². The van der Waals surface area contributed by atoms with E-state index in [2.05, 4.69) is 0 Å². The predicted octanol–water partition coefficient (Wildman–Crippen LogP) is 2.28. The third-order valence-corrected chi connectivity index (χ3v) is 2.95. The molecule has 0 aliphatic rings. The molecule has 0 spiro atoms. The molecule has 0 saturated heterocycles. The number of hydrogen-bond acceptors (Lipinski definition) is 3. The van der Waals surface area contributed by atoms with E-state index in [1.165, 1.54) is 6.07 Å². The summed E-state index contributed by atoms with van der Waals surface area (Å²) in [5.74, 6) is -1.11. The zero-order valence-electron chi connectivity index (χ0n) is 10.2. The lowest BCUT2D eigenvalue weighted by Gasteiger charge is -2.31. The zero-order chi connectivity index (χ0) is 12.5. The second-order valence-electron chi connectivity index (χ2n) is 4.75. The van der Waals surface area contributed by atoms with E-state index >= 15 is 0 Å². The number of nitrogens with two attached hydrogens (primary N) is 1. The molecule has 0 aromatic heterocycles. The van der Waals surface area contributed by atoms with Crippen LogP contribution in [-0.2, 0) is 0 Å². The van der Waals surface area contributed by atoms with Crippen molar-refractivity contribution in [1.29, 1.82) is 0 Å². The van der Waals surface area contributed by atoms with Crippen molar-refractivity contribution in [3.8, 4) is 5.75 Å². The average molecular weight is 264 g/mol. The van der Waals surface area contributed by atoms with Gasteiger partial charge in [-0.1, -0.05) is 19.9 Å². The Morgan fingerprint density at radius 1 is 1.41 bits per heavy atom. The highest BCUT2D eigenvalue weighted by Gasteiger charge is 2.30. The van der Waals surface area contributed by atoms with E-state index in [1.807, 2.05) is 0 Å². The maximum absolute atomic E-state index is 13.2. The molecule has 1 aromatic carbocycles. The fourth-order valence-electron chi connectivity index (χ4n) is 1.56. The van der Waals surface area contributed by atoms with Crippen LogP contribution in [0, 0.1) is 18.2 Å². The molecule has 0 unspecified atom stereocenters. The number of aromatic hydroxyl groups is 1. The Bertz CT molecular complexity index is 396. The van der Waals surface area contributed by atoms with Crippen molar-refractivity contribution in [3.05, 3.63) is 29.1 Å². The first-order valence-corrected chi connectivity index (χ1v) is 5.15. The third-order valence-electron chi connectivity index (χ3n) is 2.95. The molecule has 0 aliphatic heterocycles. The molecule has 0 aliphatic carbocycles. The number of phenols is 1. The van der Waals surface area contributed by atoms with Gasteiger partial charge in [0.25, 0.3) is 0 Å².